The molecule has 1 aromatic heterocycles. The van der Waals surface area contributed by atoms with E-state index in [4.69, 9.17) is 11.6 Å². The summed E-state index contributed by atoms with van der Waals surface area (Å²) in [5, 5.41) is 0.757. The summed E-state index contributed by atoms with van der Waals surface area (Å²) in [6.45, 7) is 5.44. The highest BCUT2D eigenvalue weighted by atomic mass is 35.5. The van der Waals surface area contributed by atoms with Crippen LogP contribution in [-0.4, -0.2) is 21.4 Å². The Hall–Kier alpha value is -2.78. The van der Waals surface area contributed by atoms with E-state index in [-0.39, 0.29) is 11.9 Å². The van der Waals surface area contributed by atoms with Crippen molar-refractivity contribution in [3.63, 3.8) is 0 Å². The fourth-order valence-electron chi connectivity index (χ4n) is 3.23. The summed E-state index contributed by atoms with van der Waals surface area (Å²) in [6.07, 6.45) is 6.48. The Morgan fingerprint density at radius 1 is 1.07 bits per heavy atom. The van der Waals surface area contributed by atoms with E-state index in [1.165, 1.54) is 0 Å². The standard InChI is InChI=1S/C25H27ClN2O/c1-3-20(2)28(25(29)16-15-21-10-5-4-6-11-21)19-23-13-9-17-27(23)18-22-12-7-8-14-24(22)26/h4-17,20H,3,18-19H2,1-2H3. The molecule has 4 heteroatoms. The van der Waals surface area contributed by atoms with Gasteiger partial charge >= 0.3 is 0 Å². The summed E-state index contributed by atoms with van der Waals surface area (Å²) in [4.78, 5) is 14.9. The van der Waals surface area contributed by atoms with E-state index in [0.29, 0.717) is 13.1 Å². The first-order chi connectivity index (χ1) is 14.1. The zero-order valence-electron chi connectivity index (χ0n) is 17.0. The van der Waals surface area contributed by atoms with Crippen molar-refractivity contribution >= 4 is 23.6 Å². The average molecular weight is 407 g/mol. The molecule has 0 aliphatic carbocycles. The van der Waals surface area contributed by atoms with Crippen LogP contribution in [0.15, 0.2) is 79.0 Å². The summed E-state index contributed by atoms with van der Waals surface area (Å²) >= 11 is 6.34. The van der Waals surface area contributed by atoms with Gasteiger partial charge in [-0.2, -0.15) is 0 Å². The zero-order valence-corrected chi connectivity index (χ0v) is 17.7. The molecule has 0 aliphatic rings. The maximum Gasteiger partial charge on any atom is 0.247 e. The van der Waals surface area contributed by atoms with Crippen LogP contribution in [0.2, 0.25) is 5.02 Å². The SMILES string of the molecule is CCC(C)N(Cc1cccn1Cc1ccccc1Cl)C(=O)C=Cc1ccccc1. The highest BCUT2D eigenvalue weighted by molar-refractivity contribution is 6.31. The molecule has 0 radical (unpaired) electrons. The maximum atomic E-state index is 13.0. The third-order valence-electron chi connectivity index (χ3n) is 5.18. The van der Waals surface area contributed by atoms with Crippen molar-refractivity contribution in [2.75, 3.05) is 0 Å². The quantitative estimate of drug-likeness (QED) is 0.419. The molecule has 0 saturated carbocycles. The largest absolute Gasteiger partial charge is 0.345 e. The van der Waals surface area contributed by atoms with Crippen LogP contribution in [-0.2, 0) is 17.9 Å². The van der Waals surface area contributed by atoms with Crippen molar-refractivity contribution in [3.8, 4) is 0 Å². The van der Waals surface area contributed by atoms with E-state index in [1.807, 2.05) is 77.8 Å². The summed E-state index contributed by atoms with van der Waals surface area (Å²) in [6, 6.07) is 22.0. The molecule has 3 rings (SSSR count). The Morgan fingerprint density at radius 2 is 1.79 bits per heavy atom. The molecule has 0 N–H and O–H groups in total. The molecule has 2 aromatic carbocycles. The molecule has 0 saturated heterocycles. The molecule has 0 spiro atoms. The summed E-state index contributed by atoms with van der Waals surface area (Å²) in [5.41, 5.74) is 3.18. The molecule has 3 nitrogen and oxygen atoms in total. The Kier molecular flexibility index (Phi) is 7.31. The van der Waals surface area contributed by atoms with Gasteiger partial charge in [-0.15, -0.1) is 0 Å². The highest BCUT2D eigenvalue weighted by Crippen LogP contribution is 2.19. The molecule has 150 valence electrons. The fraction of sp³-hybridized carbons (Fsp3) is 0.240. The molecule has 0 aliphatic heterocycles. The molecule has 1 heterocycles. The van der Waals surface area contributed by atoms with Gasteiger partial charge in [0.2, 0.25) is 5.91 Å². The first-order valence-electron chi connectivity index (χ1n) is 9.99. The van der Waals surface area contributed by atoms with Crippen molar-refractivity contribution in [2.24, 2.45) is 0 Å². The minimum atomic E-state index is 0.0219. The van der Waals surface area contributed by atoms with Gasteiger partial charge in [-0.1, -0.05) is 67.1 Å². The van der Waals surface area contributed by atoms with Gasteiger partial charge in [0.1, 0.15) is 0 Å². The summed E-state index contributed by atoms with van der Waals surface area (Å²) in [5.74, 6) is 0.0219. The normalized spacial score (nSPS) is 12.2. The Balaban J connectivity index is 1.78. The lowest BCUT2D eigenvalue weighted by Gasteiger charge is -2.28. The molecular weight excluding hydrogens is 380 g/mol. The second-order valence-corrected chi connectivity index (χ2v) is 7.59. The first kappa shape index (κ1) is 20.9. The maximum absolute atomic E-state index is 13.0. The number of hydrogen-bond acceptors (Lipinski definition) is 1. The van der Waals surface area contributed by atoms with Crippen LogP contribution >= 0.6 is 11.6 Å². The number of hydrogen-bond donors (Lipinski definition) is 0. The van der Waals surface area contributed by atoms with Gasteiger partial charge in [-0.3, -0.25) is 4.79 Å². The predicted molar refractivity (Wildman–Crippen MR) is 121 cm³/mol. The Labute approximate surface area is 178 Å². The van der Waals surface area contributed by atoms with Gasteiger partial charge in [0.15, 0.2) is 0 Å². The van der Waals surface area contributed by atoms with Gasteiger partial charge in [0.25, 0.3) is 0 Å². The van der Waals surface area contributed by atoms with Crippen LogP contribution in [0, 0.1) is 0 Å². The zero-order chi connectivity index (χ0) is 20.6. The van der Waals surface area contributed by atoms with Crippen LogP contribution in [0.3, 0.4) is 0 Å². The number of benzene rings is 2. The van der Waals surface area contributed by atoms with Gasteiger partial charge in [0.05, 0.1) is 6.54 Å². The van der Waals surface area contributed by atoms with Crippen LogP contribution in [0.5, 0.6) is 0 Å². The van der Waals surface area contributed by atoms with E-state index in [0.717, 1.165) is 28.3 Å². The predicted octanol–water partition coefficient (Wildman–Crippen LogP) is 6.03. The lowest BCUT2D eigenvalue weighted by Crippen LogP contribution is -2.37. The molecule has 1 amide bonds. The van der Waals surface area contributed by atoms with Crippen molar-refractivity contribution in [1.29, 1.82) is 0 Å². The van der Waals surface area contributed by atoms with Gasteiger partial charge < -0.3 is 9.47 Å². The van der Waals surface area contributed by atoms with Crippen molar-refractivity contribution in [2.45, 2.75) is 39.4 Å². The average Bonchev–Trinajstić information content (AvgIpc) is 3.18. The van der Waals surface area contributed by atoms with Crippen LogP contribution in [0.4, 0.5) is 0 Å². The van der Waals surface area contributed by atoms with Crippen molar-refractivity contribution in [1.82, 2.24) is 9.47 Å². The molecule has 1 atom stereocenters. The Morgan fingerprint density at radius 3 is 2.52 bits per heavy atom. The second-order valence-electron chi connectivity index (χ2n) is 7.19. The fourth-order valence-corrected chi connectivity index (χ4v) is 3.43. The summed E-state index contributed by atoms with van der Waals surface area (Å²) < 4.78 is 2.16. The minimum absolute atomic E-state index is 0.0219. The van der Waals surface area contributed by atoms with Gasteiger partial charge in [0, 0.05) is 35.6 Å². The van der Waals surface area contributed by atoms with Crippen molar-refractivity contribution < 1.29 is 4.79 Å². The number of nitrogens with zero attached hydrogens (tertiary/aromatic N) is 2. The number of halogens is 1. The van der Waals surface area contributed by atoms with Crippen LogP contribution in [0.25, 0.3) is 6.08 Å². The molecule has 29 heavy (non-hydrogen) atoms. The topological polar surface area (TPSA) is 25.2 Å². The van der Waals surface area contributed by atoms with E-state index in [9.17, 15) is 4.79 Å². The first-order valence-corrected chi connectivity index (χ1v) is 10.4. The number of amides is 1. The van der Waals surface area contributed by atoms with Gasteiger partial charge in [-0.05, 0) is 48.7 Å². The minimum Gasteiger partial charge on any atom is -0.345 e. The second kappa shape index (κ2) is 10.1. The van der Waals surface area contributed by atoms with E-state index < -0.39 is 0 Å². The molecule has 1 unspecified atom stereocenters. The van der Waals surface area contributed by atoms with E-state index in [2.05, 4.69) is 24.5 Å². The Bertz CT molecular complexity index is 962. The number of carbonyl (C=O) groups is 1. The summed E-state index contributed by atoms with van der Waals surface area (Å²) in [7, 11) is 0. The lowest BCUT2D eigenvalue weighted by atomic mass is 10.1. The molecule has 3 aromatic rings. The third-order valence-corrected chi connectivity index (χ3v) is 5.55. The highest BCUT2D eigenvalue weighted by Gasteiger charge is 2.19. The van der Waals surface area contributed by atoms with Crippen LogP contribution < -0.4 is 0 Å². The number of rotatable bonds is 8. The van der Waals surface area contributed by atoms with E-state index >= 15 is 0 Å². The lowest BCUT2D eigenvalue weighted by molar-refractivity contribution is -0.128. The molecule has 0 bridgehead atoms. The van der Waals surface area contributed by atoms with Crippen LogP contribution in [0.1, 0.15) is 37.1 Å². The third kappa shape index (κ3) is 5.61. The molecular formula is C25H27ClN2O. The van der Waals surface area contributed by atoms with Gasteiger partial charge in [-0.25, -0.2) is 0 Å². The number of carbonyl (C=O) groups excluding carboxylic acids is 1. The molecule has 0 fully saturated rings. The monoisotopic (exact) mass is 406 g/mol. The van der Waals surface area contributed by atoms with E-state index in [1.54, 1.807) is 6.08 Å². The smallest absolute Gasteiger partial charge is 0.247 e. The number of aromatic nitrogens is 1. The van der Waals surface area contributed by atoms with Crippen molar-refractivity contribution in [3.05, 3.63) is 101 Å².